The molecule has 1 aliphatic rings. The summed E-state index contributed by atoms with van der Waals surface area (Å²) in [4.78, 5) is 16.8. The first-order chi connectivity index (χ1) is 10.6. The van der Waals surface area contributed by atoms with Crippen LogP contribution in [0.1, 0.15) is 10.4 Å². The predicted molar refractivity (Wildman–Crippen MR) is 83.7 cm³/mol. The van der Waals surface area contributed by atoms with Crippen LogP contribution in [0.4, 0.5) is 0 Å². The minimum Gasteiger partial charge on any atom is -0.493 e. The van der Waals surface area contributed by atoms with Gasteiger partial charge in [-0.1, -0.05) is 0 Å². The highest BCUT2D eigenvalue weighted by atomic mass is 16.5. The minimum atomic E-state index is -0.00361. The van der Waals surface area contributed by atoms with Gasteiger partial charge in [0.15, 0.2) is 11.5 Å². The third-order valence-electron chi connectivity index (χ3n) is 3.69. The summed E-state index contributed by atoms with van der Waals surface area (Å²) in [7, 11) is 7.13. The SMILES string of the molecule is COc1ccc(C(=O)N2CCOCC2CN(C)C)cc1OC. The Balaban J connectivity index is 2.21. The van der Waals surface area contributed by atoms with E-state index in [1.807, 2.05) is 19.0 Å². The van der Waals surface area contributed by atoms with Gasteiger partial charge in [0, 0.05) is 18.7 Å². The third kappa shape index (κ3) is 3.69. The fraction of sp³-hybridized carbons (Fsp3) is 0.562. The standard InChI is InChI=1S/C16H24N2O4/c1-17(2)10-13-11-22-8-7-18(13)16(19)12-5-6-14(20-3)15(9-12)21-4/h5-6,9,13H,7-8,10-11H2,1-4H3. The highest BCUT2D eigenvalue weighted by Gasteiger charge is 2.28. The molecule has 0 aromatic heterocycles. The summed E-state index contributed by atoms with van der Waals surface area (Å²) in [6.07, 6.45) is 0. The average Bonchev–Trinajstić information content (AvgIpc) is 2.53. The van der Waals surface area contributed by atoms with Crippen LogP contribution in [-0.2, 0) is 4.74 Å². The van der Waals surface area contributed by atoms with Crippen molar-refractivity contribution >= 4 is 5.91 Å². The molecule has 1 fully saturated rings. The van der Waals surface area contributed by atoms with E-state index in [-0.39, 0.29) is 11.9 Å². The van der Waals surface area contributed by atoms with Crippen molar-refractivity contribution in [2.75, 3.05) is 54.6 Å². The summed E-state index contributed by atoms with van der Waals surface area (Å²) in [6, 6.07) is 5.31. The van der Waals surface area contributed by atoms with Gasteiger partial charge in [0.25, 0.3) is 5.91 Å². The second kappa shape index (κ2) is 7.47. The Labute approximate surface area is 131 Å². The summed E-state index contributed by atoms with van der Waals surface area (Å²) in [5, 5.41) is 0. The van der Waals surface area contributed by atoms with Crippen LogP contribution in [0.2, 0.25) is 0 Å². The van der Waals surface area contributed by atoms with Gasteiger partial charge in [-0.2, -0.15) is 0 Å². The van der Waals surface area contributed by atoms with E-state index in [1.54, 1.807) is 32.4 Å². The lowest BCUT2D eigenvalue weighted by atomic mass is 10.1. The zero-order valence-electron chi connectivity index (χ0n) is 13.7. The smallest absolute Gasteiger partial charge is 0.254 e. The van der Waals surface area contributed by atoms with E-state index < -0.39 is 0 Å². The van der Waals surface area contributed by atoms with Crippen molar-refractivity contribution in [1.82, 2.24) is 9.80 Å². The molecule has 122 valence electrons. The molecule has 1 amide bonds. The van der Waals surface area contributed by atoms with Gasteiger partial charge < -0.3 is 24.0 Å². The molecule has 2 rings (SSSR count). The molecular formula is C16H24N2O4. The molecule has 1 saturated heterocycles. The zero-order valence-corrected chi connectivity index (χ0v) is 13.7. The lowest BCUT2D eigenvalue weighted by Gasteiger charge is -2.37. The zero-order chi connectivity index (χ0) is 16.1. The number of amides is 1. The fourth-order valence-corrected chi connectivity index (χ4v) is 2.63. The Morgan fingerprint density at radius 2 is 2.05 bits per heavy atom. The maximum atomic E-state index is 12.8. The Hall–Kier alpha value is -1.79. The van der Waals surface area contributed by atoms with Crippen LogP contribution >= 0.6 is 0 Å². The van der Waals surface area contributed by atoms with E-state index in [1.165, 1.54) is 0 Å². The number of ether oxygens (including phenoxy) is 3. The number of nitrogens with zero attached hydrogens (tertiary/aromatic N) is 2. The van der Waals surface area contributed by atoms with Gasteiger partial charge in [-0.15, -0.1) is 0 Å². The van der Waals surface area contributed by atoms with Gasteiger partial charge in [-0.25, -0.2) is 0 Å². The minimum absolute atomic E-state index is 0.00361. The molecule has 0 spiro atoms. The van der Waals surface area contributed by atoms with Gasteiger partial charge in [0.2, 0.25) is 0 Å². The number of likely N-dealkylation sites (N-methyl/N-ethyl adjacent to an activating group) is 1. The van der Waals surface area contributed by atoms with Crippen molar-refractivity contribution in [3.63, 3.8) is 0 Å². The molecule has 1 aromatic carbocycles. The topological polar surface area (TPSA) is 51.2 Å². The predicted octanol–water partition coefficient (Wildman–Crippen LogP) is 1.11. The van der Waals surface area contributed by atoms with Crippen LogP contribution < -0.4 is 9.47 Å². The van der Waals surface area contributed by atoms with E-state index in [0.29, 0.717) is 36.8 Å². The molecule has 6 heteroatoms. The van der Waals surface area contributed by atoms with Gasteiger partial charge in [-0.05, 0) is 32.3 Å². The number of methoxy groups -OCH3 is 2. The number of carbonyl (C=O) groups is 1. The second-order valence-corrected chi connectivity index (χ2v) is 5.56. The van der Waals surface area contributed by atoms with E-state index in [4.69, 9.17) is 14.2 Å². The molecule has 0 N–H and O–H groups in total. The number of rotatable bonds is 5. The Bertz CT molecular complexity index is 519. The van der Waals surface area contributed by atoms with Crippen LogP contribution in [0, 0.1) is 0 Å². The van der Waals surface area contributed by atoms with Gasteiger partial charge >= 0.3 is 0 Å². The summed E-state index contributed by atoms with van der Waals surface area (Å²) in [5.41, 5.74) is 0.600. The highest BCUT2D eigenvalue weighted by molar-refractivity contribution is 5.95. The van der Waals surface area contributed by atoms with Crippen molar-refractivity contribution in [2.24, 2.45) is 0 Å². The van der Waals surface area contributed by atoms with E-state index in [0.717, 1.165) is 6.54 Å². The quantitative estimate of drug-likeness (QED) is 0.815. The maximum Gasteiger partial charge on any atom is 0.254 e. The lowest BCUT2D eigenvalue weighted by Crippen LogP contribution is -2.52. The van der Waals surface area contributed by atoms with Crippen LogP contribution in [0.15, 0.2) is 18.2 Å². The van der Waals surface area contributed by atoms with Gasteiger partial charge in [-0.3, -0.25) is 4.79 Å². The van der Waals surface area contributed by atoms with Crippen LogP contribution in [0.3, 0.4) is 0 Å². The van der Waals surface area contributed by atoms with Crippen LogP contribution in [0.25, 0.3) is 0 Å². The average molecular weight is 308 g/mol. The first-order valence-corrected chi connectivity index (χ1v) is 7.32. The number of carbonyl (C=O) groups excluding carboxylic acids is 1. The molecule has 22 heavy (non-hydrogen) atoms. The monoisotopic (exact) mass is 308 g/mol. The molecule has 1 aliphatic heterocycles. The fourth-order valence-electron chi connectivity index (χ4n) is 2.63. The molecule has 1 heterocycles. The van der Waals surface area contributed by atoms with Crippen molar-refractivity contribution in [3.05, 3.63) is 23.8 Å². The Morgan fingerprint density at radius 3 is 2.68 bits per heavy atom. The number of benzene rings is 1. The molecule has 1 atom stereocenters. The normalized spacial score (nSPS) is 18.4. The van der Waals surface area contributed by atoms with Crippen molar-refractivity contribution in [2.45, 2.75) is 6.04 Å². The molecule has 0 radical (unpaired) electrons. The molecule has 6 nitrogen and oxygen atoms in total. The Morgan fingerprint density at radius 1 is 1.32 bits per heavy atom. The van der Waals surface area contributed by atoms with E-state index in [2.05, 4.69) is 4.90 Å². The van der Waals surface area contributed by atoms with Gasteiger partial charge in [0.05, 0.1) is 33.5 Å². The molecule has 1 aromatic rings. The van der Waals surface area contributed by atoms with Crippen molar-refractivity contribution < 1.29 is 19.0 Å². The molecular weight excluding hydrogens is 284 g/mol. The van der Waals surface area contributed by atoms with E-state index in [9.17, 15) is 4.79 Å². The largest absolute Gasteiger partial charge is 0.493 e. The van der Waals surface area contributed by atoms with E-state index >= 15 is 0 Å². The lowest BCUT2D eigenvalue weighted by molar-refractivity contribution is -0.00831. The van der Waals surface area contributed by atoms with Crippen LogP contribution in [0.5, 0.6) is 11.5 Å². The number of morpholine rings is 1. The first-order valence-electron chi connectivity index (χ1n) is 7.32. The number of hydrogen-bond donors (Lipinski definition) is 0. The summed E-state index contributed by atoms with van der Waals surface area (Å²) in [6.45, 7) is 2.52. The molecule has 0 bridgehead atoms. The van der Waals surface area contributed by atoms with Crippen molar-refractivity contribution in [1.29, 1.82) is 0 Å². The molecule has 0 saturated carbocycles. The summed E-state index contributed by atoms with van der Waals surface area (Å²) < 4.78 is 16.0. The Kier molecular flexibility index (Phi) is 5.63. The first kappa shape index (κ1) is 16.6. The van der Waals surface area contributed by atoms with Crippen LogP contribution in [-0.4, -0.2) is 76.4 Å². The molecule has 0 aliphatic carbocycles. The summed E-state index contributed by atoms with van der Waals surface area (Å²) >= 11 is 0. The summed E-state index contributed by atoms with van der Waals surface area (Å²) in [5.74, 6) is 1.17. The highest BCUT2D eigenvalue weighted by Crippen LogP contribution is 2.28. The van der Waals surface area contributed by atoms with Gasteiger partial charge in [0.1, 0.15) is 0 Å². The maximum absolute atomic E-state index is 12.8. The number of hydrogen-bond acceptors (Lipinski definition) is 5. The third-order valence-corrected chi connectivity index (χ3v) is 3.69. The second-order valence-electron chi connectivity index (χ2n) is 5.56. The molecule has 1 unspecified atom stereocenters. The van der Waals surface area contributed by atoms with Crippen molar-refractivity contribution in [3.8, 4) is 11.5 Å².